The fourth-order valence-corrected chi connectivity index (χ4v) is 7.02. The van der Waals surface area contributed by atoms with Crippen LogP contribution in [0.1, 0.15) is 66.6 Å². The molecule has 4 fully saturated rings. The molecule has 9 nitrogen and oxygen atoms in total. The molecule has 1 aromatic carbocycles. The first-order chi connectivity index (χ1) is 19.2. The summed E-state index contributed by atoms with van der Waals surface area (Å²) >= 11 is 0. The third-order valence-corrected chi connectivity index (χ3v) is 8.95. The maximum atomic E-state index is 13.1. The van der Waals surface area contributed by atoms with Crippen LogP contribution in [0.4, 0.5) is 19.1 Å². The third kappa shape index (κ3) is 4.11. The smallest absolute Gasteiger partial charge is 0.478 e. The van der Waals surface area contributed by atoms with E-state index in [0.717, 1.165) is 32.1 Å². The highest BCUT2D eigenvalue weighted by atomic mass is 19.4. The van der Waals surface area contributed by atoms with Gasteiger partial charge in [-0.3, -0.25) is 0 Å². The molecule has 2 aromatic heterocycles. The number of carboxylic acid groups (broad SMARTS) is 1. The number of aromatic nitrogens is 3. The SMILES string of the molecule is C[C@@H]1CC23C1CC(OCc1c(-c4ccccc4OC(F)(F)F)noc1C1CC1)CC2N3c1ncc(C(=O)O)cn1. The summed E-state index contributed by atoms with van der Waals surface area (Å²) in [4.78, 5) is 22.1. The maximum absolute atomic E-state index is 13.1. The van der Waals surface area contributed by atoms with Crippen molar-refractivity contribution in [3.05, 3.63) is 53.5 Å². The minimum Gasteiger partial charge on any atom is -0.478 e. The van der Waals surface area contributed by atoms with Crippen LogP contribution in [-0.2, 0) is 11.3 Å². The first-order valence-corrected chi connectivity index (χ1v) is 13.5. The standard InChI is InChI=1S/C28H27F3N4O5/c1-14-10-27-20(14)8-17(9-22(27)35(27)26-32-11-16(12-33-26)25(36)37)38-13-19-23(34-40-24(19)15-6-7-15)18-4-2-3-5-21(18)39-28(29,30)31/h2-5,11-12,14-15,17,20,22H,6-10,13H2,1H3,(H,36,37)/t14-,17?,20?,22?,27?,35?/m1/s1. The van der Waals surface area contributed by atoms with Crippen molar-refractivity contribution in [3.63, 3.8) is 0 Å². The Morgan fingerprint density at radius 1 is 1.20 bits per heavy atom. The molecule has 3 aromatic rings. The van der Waals surface area contributed by atoms with Crippen LogP contribution < -0.4 is 9.64 Å². The molecule has 3 aliphatic carbocycles. The van der Waals surface area contributed by atoms with E-state index in [4.69, 9.17) is 9.26 Å². The predicted octanol–water partition coefficient (Wildman–Crippen LogP) is 5.57. The molecule has 1 spiro atoms. The molecule has 5 atom stereocenters. The minimum absolute atomic E-state index is 0.0145. The normalized spacial score (nSPS) is 28.9. The highest BCUT2D eigenvalue weighted by Gasteiger charge is 2.76. The largest absolute Gasteiger partial charge is 0.573 e. The number of carbonyl (C=O) groups is 1. The molecule has 0 amide bonds. The lowest BCUT2D eigenvalue weighted by molar-refractivity contribution is -0.274. The van der Waals surface area contributed by atoms with E-state index in [2.05, 4.69) is 31.7 Å². The Labute approximate surface area is 227 Å². The van der Waals surface area contributed by atoms with E-state index in [-0.39, 0.29) is 47.1 Å². The zero-order valence-corrected chi connectivity index (χ0v) is 21.6. The van der Waals surface area contributed by atoms with E-state index < -0.39 is 12.3 Å². The summed E-state index contributed by atoms with van der Waals surface area (Å²) in [6, 6.07) is 6.12. The number of para-hydroxylation sites is 1. The number of halogens is 3. The van der Waals surface area contributed by atoms with Gasteiger partial charge >= 0.3 is 12.3 Å². The summed E-state index contributed by atoms with van der Waals surface area (Å²) in [5.74, 6) is 0.862. The molecule has 4 aliphatic rings. The minimum atomic E-state index is -4.84. The summed E-state index contributed by atoms with van der Waals surface area (Å²) in [7, 11) is 0. The molecular formula is C28H27F3N4O5. The summed E-state index contributed by atoms with van der Waals surface area (Å²) in [6.07, 6.45) is 2.25. The van der Waals surface area contributed by atoms with Crippen LogP contribution in [0.2, 0.25) is 0 Å². The van der Waals surface area contributed by atoms with E-state index in [0.29, 0.717) is 34.8 Å². The van der Waals surface area contributed by atoms with Gasteiger partial charge in [0.05, 0.1) is 29.9 Å². The summed E-state index contributed by atoms with van der Waals surface area (Å²) in [5, 5.41) is 13.4. The topological polar surface area (TPSA) is 111 Å². The average Bonchev–Trinajstić information content (AvgIpc) is 3.82. The molecule has 12 heteroatoms. The highest BCUT2D eigenvalue weighted by Crippen LogP contribution is 2.67. The molecule has 1 saturated heterocycles. The van der Waals surface area contributed by atoms with Crippen molar-refractivity contribution in [1.82, 2.24) is 15.1 Å². The van der Waals surface area contributed by atoms with Crippen LogP contribution in [0, 0.1) is 11.8 Å². The monoisotopic (exact) mass is 556 g/mol. The van der Waals surface area contributed by atoms with Crippen LogP contribution in [0.15, 0.2) is 41.2 Å². The van der Waals surface area contributed by atoms with Crippen LogP contribution in [0.3, 0.4) is 0 Å². The molecule has 0 bridgehead atoms. The van der Waals surface area contributed by atoms with Gasteiger partial charge in [-0.25, -0.2) is 14.8 Å². The number of rotatable bonds is 8. The van der Waals surface area contributed by atoms with Crippen LogP contribution >= 0.6 is 0 Å². The van der Waals surface area contributed by atoms with Gasteiger partial charge in [-0.2, -0.15) is 0 Å². The Bertz CT molecular complexity index is 1460. The Hall–Kier alpha value is -3.67. The van der Waals surface area contributed by atoms with Crippen molar-refractivity contribution >= 4 is 11.9 Å². The van der Waals surface area contributed by atoms with Crippen LogP contribution in [-0.4, -0.2) is 50.2 Å². The van der Waals surface area contributed by atoms with Crippen LogP contribution in [0.5, 0.6) is 5.75 Å². The van der Waals surface area contributed by atoms with Gasteiger partial charge in [0.15, 0.2) is 0 Å². The maximum Gasteiger partial charge on any atom is 0.573 e. The van der Waals surface area contributed by atoms with E-state index in [1.165, 1.54) is 24.5 Å². The van der Waals surface area contributed by atoms with Gasteiger partial charge in [0.25, 0.3) is 0 Å². The molecule has 4 unspecified atom stereocenters. The number of carboxylic acids is 1. The molecule has 7 rings (SSSR count). The van der Waals surface area contributed by atoms with Crippen molar-refractivity contribution < 1.29 is 37.1 Å². The van der Waals surface area contributed by atoms with E-state index in [1.54, 1.807) is 12.1 Å². The summed E-state index contributed by atoms with van der Waals surface area (Å²) in [5.41, 5.74) is 1.21. The predicted molar refractivity (Wildman–Crippen MR) is 134 cm³/mol. The Morgan fingerprint density at radius 3 is 2.62 bits per heavy atom. The Morgan fingerprint density at radius 2 is 1.95 bits per heavy atom. The average molecular weight is 557 g/mol. The molecule has 210 valence electrons. The van der Waals surface area contributed by atoms with Gasteiger partial charge in [0, 0.05) is 29.4 Å². The van der Waals surface area contributed by atoms with Gasteiger partial charge < -0.3 is 24.0 Å². The molecule has 1 aliphatic heterocycles. The first kappa shape index (κ1) is 25.3. The second kappa shape index (κ2) is 8.92. The van der Waals surface area contributed by atoms with Gasteiger partial charge in [-0.05, 0) is 56.1 Å². The summed E-state index contributed by atoms with van der Waals surface area (Å²) < 4.78 is 55.7. The number of alkyl halides is 3. The lowest BCUT2D eigenvalue weighted by Gasteiger charge is -2.48. The molecule has 0 radical (unpaired) electrons. The molecule has 3 heterocycles. The quantitative estimate of drug-likeness (QED) is 0.356. The fraction of sp³-hybridized carbons (Fsp3) is 0.500. The van der Waals surface area contributed by atoms with Crippen molar-refractivity contribution in [2.75, 3.05) is 4.90 Å². The van der Waals surface area contributed by atoms with E-state index >= 15 is 0 Å². The Balaban J connectivity index is 1.12. The lowest BCUT2D eigenvalue weighted by Crippen LogP contribution is -2.51. The first-order valence-electron chi connectivity index (χ1n) is 13.5. The zero-order chi connectivity index (χ0) is 27.8. The number of hydrogen-bond acceptors (Lipinski definition) is 8. The van der Waals surface area contributed by atoms with Crippen molar-refractivity contribution in [2.24, 2.45) is 11.8 Å². The molecule has 1 N–H and O–H groups in total. The van der Waals surface area contributed by atoms with Crippen LogP contribution in [0.25, 0.3) is 11.3 Å². The van der Waals surface area contributed by atoms with Crippen molar-refractivity contribution in [3.8, 4) is 17.0 Å². The number of benzene rings is 1. The Kier molecular flexibility index (Phi) is 5.64. The number of nitrogens with zero attached hydrogens (tertiary/aromatic N) is 4. The fourth-order valence-electron chi connectivity index (χ4n) is 7.02. The van der Waals surface area contributed by atoms with Crippen molar-refractivity contribution in [2.45, 2.75) is 75.6 Å². The number of hydrogen-bond donors (Lipinski definition) is 1. The summed E-state index contributed by atoms with van der Waals surface area (Å²) in [6.45, 7) is 2.39. The second-order valence-electron chi connectivity index (χ2n) is 11.3. The number of aromatic carboxylic acids is 1. The highest BCUT2D eigenvalue weighted by molar-refractivity contribution is 5.86. The number of ether oxygens (including phenoxy) is 2. The van der Waals surface area contributed by atoms with Gasteiger partial charge in [-0.1, -0.05) is 24.2 Å². The second-order valence-corrected chi connectivity index (χ2v) is 11.3. The van der Waals surface area contributed by atoms with Crippen molar-refractivity contribution in [1.29, 1.82) is 0 Å². The number of anilines is 1. The molecular weight excluding hydrogens is 529 g/mol. The van der Waals surface area contributed by atoms with E-state index in [9.17, 15) is 23.1 Å². The zero-order valence-electron chi connectivity index (χ0n) is 21.6. The lowest BCUT2D eigenvalue weighted by atomic mass is 9.58. The molecule has 3 saturated carbocycles. The van der Waals surface area contributed by atoms with Gasteiger partial charge in [0.2, 0.25) is 5.95 Å². The third-order valence-electron chi connectivity index (χ3n) is 8.95. The van der Waals surface area contributed by atoms with E-state index in [1.807, 2.05) is 0 Å². The van der Waals surface area contributed by atoms with Gasteiger partial charge in [0.1, 0.15) is 17.2 Å². The van der Waals surface area contributed by atoms with Gasteiger partial charge in [-0.15, -0.1) is 13.2 Å². The molecule has 40 heavy (non-hydrogen) atoms.